The number of rotatable bonds is 2. The molecule has 3 heteroatoms. The highest BCUT2D eigenvalue weighted by molar-refractivity contribution is 9.10. The molecule has 0 amide bonds. The minimum absolute atomic E-state index is 0.192. The number of hydrogen-bond donors (Lipinski definition) is 0. The minimum atomic E-state index is -0.434. The van der Waals surface area contributed by atoms with Gasteiger partial charge in [-0.2, -0.15) is 0 Å². The molecule has 20 heavy (non-hydrogen) atoms. The first-order chi connectivity index (χ1) is 9.66. The highest BCUT2D eigenvalue weighted by Crippen LogP contribution is 2.24. The highest BCUT2D eigenvalue weighted by Gasteiger charge is 2.15. The number of hydrogen-bond acceptors (Lipinski definition) is 1. The van der Waals surface area contributed by atoms with Crippen LogP contribution < -0.4 is 0 Å². The quantitative estimate of drug-likeness (QED) is 0.607. The number of carbonyl (C=O) groups excluding carboxylic acids is 1. The lowest BCUT2D eigenvalue weighted by molar-refractivity contribution is 0.103. The van der Waals surface area contributed by atoms with Crippen LogP contribution >= 0.6 is 15.9 Å². The molecule has 0 saturated carbocycles. The monoisotopic (exact) mass is 328 g/mol. The normalized spacial score (nSPS) is 10.7. The second-order valence-corrected chi connectivity index (χ2v) is 5.29. The van der Waals surface area contributed by atoms with Crippen molar-refractivity contribution in [2.45, 2.75) is 0 Å². The SMILES string of the molecule is O=C(c1ccc2ccccc2c1)c1cccc(F)c1Br. The van der Waals surface area contributed by atoms with Gasteiger partial charge in [0.05, 0.1) is 4.47 Å². The van der Waals surface area contributed by atoms with Crippen LogP contribution in [0.15, 0.2) is 65.1 Å². The van der Waals surface area contributed by atoms with Gasteiger partial charge in [-0.15, -0.1) is 0 Å². The Morgan fingerprint density at radius 2 is 1.65 bits per heavy atom. The molecule has 0 spiro atoms. The maximum Gasteiger partial charge on any atom is 0.194 e. The third-order valence-corrected chi connectivity index (χ3v) is 4.01. The molecule has 1 nitrogen and oxygen atoms in total. The fourth-order valence-electron chi connectivity index (χ4n) is 2.17. The molecule has 0 aliphatic carbocycles. The van der Waals surface area contributed by atoms with E-state index >= 15 is 0 Å². The molecule has 3 aromatic rings. The Morgan fingerprint density at radius 1 is 0.900 bits per heavy atom. The van der Waals surface area contributed by atoms with Gasteiger partial charge in [0.2, 0.25) is 0 Å². The summed E-state index contributed by atoms with van der Waals surface area (Å²) in [7, 11) is 0. The van der Waals surface area contributed by atoms with Crippen molar-refractivity contribution in [3.63, 3.8) is 0 Å². The van der Waals surface area contributed by atoms with E-state index in [1.807, 2.05) is 36.4 Å². The van der Waals surface area contributed by atoms with Crippen LogP contribution in [0, 0.1) is 5.82 Å². The van der Waals surface area contributed by atoms with Crippen LogP contribution in [0.1, 0.15) is 15.9 Å². The summed E-state index contributed by atoms with van der Waals surface area (Å²) in [5, 5.41) is 2.06. The van der Waals surface area contributed by atoms with Crippen molar-refractivity contribution in [3.05, 3.63) is 82.1 Å². The number of benzene rings is 3. The Morgan fingerprint density at radius 3 is 2.45 bits per heavy atom. The molecule has 0 N–H and O–H groups in total. The first-order valence-corrected chi connectivity index (χ1v) is 6.93. The van der Waals surface area contributed by atoms with Crippen LogP contribution in [0.2, 0.25) is 0 Å². The summed E-state index contributed by atoms with van der Waals surface area (Å²) in [5.41, 5.74) is 0.885. The van der Waals surface area contributed by atoms with Gasteiger partial charge in [0.25, 0.3) is 0 Å². The summed E-state index contributed by atoms with van der Waals surface area (Å²) in [6, 6.07) is 17.8. The standard InChI is InChI=1S/C17H10BrFO/c18-16-14(6-3-7-15(16)19)17(20)13-9-8-11-4-1-2-5-12(11)10-13/h1-10H. The lowest BCUT2D eigenvalue weighted by atomic mass is 10.00. The first-order valence-electron chi connectivity index (χ1n) is 6.14. The summed E-state index contributed by atoms with van der Waals surface area (Å²) < 4.78 is 13.7. The molecule has 0 atom stereocenters. The van der Waals surface area contributed by atoms with Gasteiger partial charge in [0.15, 0.2) is 5.78 Å². The van der Waals surface area contributed by atoms with Crippen molar-refractivity contribution in [1.29, 1.82) is 0 Å². The maximum atomic E-state index is 13.5. The number of fused-ring (bicyclic) bond motifs is 1. The fourth-order valence-corrected chi connectivity index (χ4v) is 2.61. The molecule has 0 fully saturated rings. The van der Waals surface area contributed by atoms with Crippen molar-refractivity contribution >= 4 is 32.5 Å². The van der Waals surface area contributed by atoms with Gasteiger partial charge >= 0.3 is 0 Å². The van der Waals surface area contributed by atoms with Gasteiger partial charge < -0.3 is 0 Å². The average Bonchev–Trinajstić information content (AvgIpc) is 2.49. The molecule has 3 rings (SSSR count). The third-order valence-electron chi connectivity index (χ3n) is 3.21. The number of ketones is 1. The van der Waals surface area contributed by atoms with E-state index in [4.69, 9.17) is 0 Å². The van der Waals surface area contributed by atoms with E-state index < -0.39 is 5.82 Å². The largest absolute Gasteiger partial charge is 0.289 e. The predicted molar refractivity (Wildman–Crippen MR) is 81.5 cm³/mol. The summed E-state index contributed by atoms with van der Waals surface area (Å²) in [4.78, 5) is 12.5. The van der Waals surface area contributed by atoms with Crippen LogP contribution in [-0.2, 0) is 0 Å². The molecular weight excluding hydrogens is 319 g/mol. The van der Waals surface area contributed by atoms with Crippen molar-refractivity contribution < 1.29 is 9.18 Å². The molecule has 0 radical (unpaired) electrons. The zero-order valence-corrected chi connectivity index (χ0v) is 12.0. The molecular formula is C17H10BrFO. The Labute approximate surface area is 124 Å². The van der Waals surface area contributed by atoms with Gasteiger partial charge in [0.1, 0.15) is 5.82 Å². The molecule has 0 unspecified atom stereocenters. The van der Waals surface area contributed by atoms with Gasteiger partial charge in [-0.1, -0.05) is 42.5 Å². The lowest BCUT2D eigenvalue weighted by Crippen LogP contribution is -2.03. The third kappa shape index (κ3) is 2.25. The van der Waals surface area contributed by atoms with Crippen LogP contribution in [0.25, 0.3) is 10.8 Å². The second kappa shape index (κ2) is 5.17. The molecule has 0 saturated heterocycles. The Balaban J connectivity index is 2.10. The molecule has 0 aliphatic rings. The Hall–Kier alpha value is -2.00. The average molecular weight is 329 g/mol. The van der Waals surface area contributed by atoms with Gasteiger partial charge in [-0.25, -0.2) is 4.39 Å². The Kier molecular flexibility index (Phi) is 3.36. The molecule has 0 aromatic heterocycles. The van der Waals surface area contributed by atoms with E-state index in [9.17, 15) is 9.18 Å². The van der Waals surface area contributed by atoms with Crippen LogP contribution in [0.3, 0.4) is 0 Å². The maximum absolute atomic E-state index is 13.5. The van der Waals surface area contributed by atoms with Crippen molar-refractivity contribution in [2.24, 2.45) is 0 Å². The van der Waals surface area contributed by atoms with Crippen LogP contribution in [-0.4, -0.2) is 5.78 Å². The molecule has 0 bridgehead atoms. The topological polar surface area (TPSA) is 17.1 Å². The zero-order chi connectivity index (χ0) is 14.1. The highest BCUT2D eigenvalue weighted by atomic mass is 79.9. The summed E-state index contributed by atoms with van der Waals surface area (Å²) >= 11 is 3.13. The van der Waals surface area contributed by atoms with E-state index in [-0.39, 0.29) is 10.3 Å². The summed E-state index contributed by atoms with van der Waals surface area (Å²) in [6.07, 6.45) is 0. The summed E-state index contributed by atoms with van der Waals surface area (Å²) in [5.74, 6) is -0.626. The molecule has 98 valence electrons. The number of carbonyl (C=O) groups is 1. The van der Waals surface area contributed by atoms with E-state index in [1.165, 1.54) is 12.1 Å². The Bertz CT molecular complexity index is 811. The van der Waals surface area contributed by atoms with Crippen molar-refractivity contribution in [2.75, 3.05) is 0 Å². The molecule has 0 heterocycles. The minimum Gasteiger partial charge on any atom is -0.289 e. The van der Waals surface area contributed by atoms with Gasteiger partial charge in [-0.3, -0.25) is 4.79 Å². The molecule has 0 aliphatic heterocycles. The lowest BCUT2D eigenvalue weighted by Gasteiger charge is -2.06. The van der Waals surface area contributed by atoms with Crippen molar-refractivity contribution in [3.8, 4) is 0 Å². The second-order valence-electron chi connectivity index (χ2n) is 4.49. The van der Waals surface area contributed by atoms with Gasteiger partial charge in [0, 0.05) is 11.1 Å². The summed E-state index contributed by atoms with van der Waals surface area (Å²) in [6.45, 7) is 0. The van der Waals surface area contributed by atoms with E-state index in [1.54, 1.807) is 12.1 Å². The fraction of sp³-hybridized carbons (Fsp3) is 0. The first kappa shape index (κ1) is 13.0. The van der Waals surface area contributed by atoms with E-state index in [2.05, 4.69) is 15.9 Å². The van der Waals surface area contributed by atoms with Crippen LogP contribution in [0.4, 0.5) is 4.39 Å². The van der Waals surface area contributed by atoms with Crippen molar-refractivity contribution in [1.82, 2.24) is 0 Å². The predicted octanol–water partition coefficient (Wildman–Crippen LogP) is 4.97. The zero-order valence-electron chi connectivity index (χ0n) is 10.4. The van der Waals surface area contributed by atoms with E-state index in [0.29, 0.717) is 11.1 Å². The number of halogens is 2. The van der Waals surface area contributed by atoms with Crippen LogP contribution in [0.5, 0.6) is 0 Å². The molecule has 3 aromatic carbocycles. The van der Waals surface area contributed by atoms with Gasteiger partial charge in [-0.05, 0) is 44.9 Å². The van der Waals surface area contributed by atoms with E-state index in [0.717, 1.165) is 10.8 Å². The smallest absolute Gasteiger partial charge is 0.194 e.